The van der Waals surface area contributed by atoms with E-state index in [9.17, 15) is 5.11 Å². The number of para-hydroxylation sites is 2. The number of phenolic OH excluding ortho intramolecular Hbond substituents is 1. The van der Waals surface area contributed by atoms with Gasteiger partial charge in [-0.2, -0.15) is 0 Å². The summed E-state index contributed by atoms with van der Waals surface area (Å²) in [5.74, 6) is 1.96. The van der Waals surface area contributed by atoms with Crippen molar-refractivity contribution in [2.45, 2.75) is 51.7 Å². The summed E-state index contributed by atoms with van der Waals surface area (Å²) in [7, 11) is 0. The second kappa shape index (κ2) is 8.60. The highest BCUT2D eigenvalue weighted by Gasteiger charge is 2.27. The van der Waals surface area contributed by atoms with E-state index < -0.39 is 11.2 Å². The lowest BCUT2D eigenvalue weighted by molar-refractivity contribution is 0.103. The maximum Gasteiger partial charge on any atom is 0.120 e. The van der Waals surface area contributed by atoms with Crippen LogP contribution in [-0.2, 0) is 12.8 Å². The van der Waals surface area contributed by atoms with Crippen molar-refractivity contribution in [3.8, 4) is 17.2 Å². The zero-order valence-corrected chi connectivity index (χ0v) is 17.7. The summed E-state index contributed by atoms with van der Waals surface area (Å²) in [5, 5.41) is 10.6. The van der Waals surface area contributed by atoms with Crippen LogP contribution in [0.25, 0.3) is 0 Å². The van der Waals surface area contributed by atoms with Crippen molar-refractivity contribution >= 4 is 0 Å². The normalized spacial score (nSPS) is 11.9. The molecule has 0 heterocycles. The van der Waals surface area contributed by atoms with Gasteiger partial charge in [-0.05, 0) is 63.6 Å². The molecule has 3 nitrogen and oxygen atoms in total. The van der Waals surface area contributed by atoms with E-state index in [0.717, 1.165) is 22.6 Å². The third-order valence-corrected chi connectivity index (χ3v) is 4.74. The lowest BCUT2D eigenvalue weighted by Crippen LogP contribution is -2.34. The molecule has 0 aromatic heterocycles. The molecule has 152 valence electrons. The highest BCUT2D eigenvalue weighted by Crippen LogP contribution is 2.31. The average molecular weight is 391 g/mol. The summed E-state index contributed by atoms with van der Waals surface area (Å²) in [6.45, 7) is 8.22. The lowest BCUT2D eigenvalue weighted by atomic mass is 9.88. The summed E-state index contributed by atoms with van der Waals surface area (Å²) < 4.78 is 12.4. The first-order valence-electron chi connectivity index (χ1n) is 10.0. The third kappa shape index (κ3) is 6.02. The van der Waals surface area contributed by atoms with Crippen LogP contribution in [-0.4, -0.2) is 16.3 Å². The lowest BCUT2D eigenvalue weighted by Gasteiger charge is -2.31. The number of hydrogen-bond donors (Lipinski definition) is 1. The molecule has 0 radical (unpaired) electrons. The molecule has 1 N–H and O–H groups in total. The number of phenols is 1. The molecule has 29 heavy (non-hydrogen) atoms. The van der Waals surface area contributed by atoms with Gasteiger partial charge in [0.2, 0.25) is 0 Å². The van der Waals surface area contributed by atoms with E-state index in [1.807, 2.05) is 80.6 Å². The molecule has 0 aliphatic heterocycles. The van der Waals surface area contributed by atoms with Gasteiger partial charge in [-0.1, -0.05) is 48.5 Å². The molecule has 0 saturated heterocycles. The Hall–Kier alpha value is -2.94. The average Bonchev–Trinajstić information content (AvgIpc) is 2.65. The monoisotopic (exact) mass is 390 g/mol. The number of aromatic hydroxyl groups is 1. The predicted molar refractivity (Wildman–Crippen MR) is 118 cm³/mol. The van der Waals surface area contributed by atoms with Crippen LogP contribution in [0.1, 0.15) is 38.8 Å². The van der Waals surface area contributed by atoms with E-state index in [0.29, 0.717) is 18.6 Å². The van der Waals surface area contributed by atoms with Gasteiger partial charge in [0, 0.05) is 18.4 Å². The van der Waals surface area contributed by atoms with E-state index in [1.165, 1.54) is 0 Å². The van der Waals surface area contributed by atoms with Gasteiger partial charge in [0.05, 0.1) is 0 Å². The smallest absolute Gasteiger partial charge is 0.120 e. The van der Waals surface area contributed by atoms with Crippen molar-refractivity contribution < 1.29 is 14.6 Å². The fourth-order valence-corrected chi connectivity index (χ4v) is 3.56. The number of benzene rings is 3. The van der Waals surface area contributed by atoms with Gasteiger partial charge in [0.1, 0.15) is 28.5 Å². The topological polar surface area (TPSA) is 38.7 Å². The fraction of sp³-hybridized carbons (Fsp3) is 0.308. The van der Waals surface area contributed by atoms with E-state index in [-0.39, 0.29) is 0 Å². The van der Waals surface area contributed by atoms with Crippen LogP contribution in [0.3, 0.4) is 0 Å². The third-order valence-electron chi connectivity index (χ3n) is 4.74. The van der Waals surface area contributed by atoms with Crippen molar-refractivity contribution in [2.75, 3.05) is 0 Å². The highest BCUT2D eigenvalue weighted by atomic mass is 16.5. The molecular formula is C26H30O3. The molecule has 3 aromatic rings. The Morgan fingerprint density at radius 1 is 0.621 bits per heavy atom. The molecule has 0 saturated carbocycles. The number of ether oxygens (including phenoxy) is 2. The van der Waals surface area contributed by atoms with Gasteiger partial charge >= 0.3 is 0 Å². The van der Waals surface area contributed by atoms with Crippen molar-refractivity contribution in [1.82, 2.24) is 0 Å². The van der Waals surface area contributed by atoms with Crippen LogP contribution in [0.4, 0.5) is 0 Å². The van der Waals surface area contributed by atoms with Crippen molar-refractivity contribution in [3.05, 3.63) is 90.0 Å². The van der Waals surface area contributed by atoms with E-state index >= 15 is 0 Å². The molecule has 3 aromatic carbocycles. The van der Waals surface area contributed by atoms with Crippen molar-refractivity contribution in [2.24, 2.45) is 0 Å². The second-order valence-electron chi connectivity index (χ2n) is 8.62. The van der Waals surface area contributed by atoms with Crippen LogP contribution in [0.15, 0.2) is 78.9 Å². The molecule has 0 spiro atoms. The molecule has 0 fully saturated rings. The molecule has 0 atom stereocenters. The van der Waals surface area contributed by atoms with Crippen molar-refractivity contribution in [1.29, 1.82) is 0 Å². The minimum Gasteiger partial charge on any atom is -0.508 e. The Morgan fingerprint density at radius 3 is 1.62 bits per heavy atom. The molecule has 0 amide bonds. The molecular weight excluding hydrogens is 360 g/mol. The SMILES string of the molecule is CC(C)(Cc1cccc(O)c1CC(C)(C)Oc1ccccc1)Oc1ccccc1. The summed E-state index contributed by atoms with van der Waals surface area (Å²) >= 11 is 0. The Labute approximate surface area is 173 Å². The number of rotatable bonds is 8. The van der Waals surface area contributed by atoms with Crippen LogP contribution in [0, 0.1) is 0 Å². The summed E-state index contributed by atoms with van der Waals surface area (Å²) in [4.78, 5) is 0. The first-order valence-corrected chi connectivity index (χ1v) is 10.0. The summed E-state index contributed by atoms with van der Waals surface area (Å²) in [6.07, 6.45) is 1.26. The van der Waals surface area contributed by atoms with Gasteiger partial charge < -0.3 is 14.6 Å². The highest BCUT2D eigenvalue weighted by molar-refractivity contribution is 5.41. The van der Waals surface area contributed by atoms with Crippen LogP contribution >= 0.6 is 0 Å². The summed E-state index contributed by atoms with van der Waals surface area (Å²) in [5.41, 5.74) is 1.07. The van der Waals surface area contributed by atoms with E-state index in [4.69, 9.17) is 9.47 Å². The van der Waals surface area contributed by atoms with E-state index in [1.54, 1.807) is 6.07 Å². The predicted octanol–water partition coefficient (Wildman–Crippen LogP) is 6.19. The largest absolute Gasteiger partial charge is 0.508 e. The number of hydrogen-bond acceptors (Lipinski definition) is 3. The standard InChI is InChI=1S/C26H30O3/c1-25(2,28-21-13-7-5-8-14-21)18-20-12-11-17-24(27)23(20)19-26(3,4)29-22-15-9-6-10-16-22/h5-17,27H,18-19H2,1-4H3. The first kappa shape index (κ1) is 20.8. The Bertz CT molecular complexity index is 915. The maximum absolute atomic E-state index is 10.6. The Kier molecular flexibility index (Phi) is 6.17. The minimum absolute atomic E-state index is 0.294. The molecule has 3 rings (SSSR count). The second-order valence-corrected chi connectivity index (χ2v) is 8.62. The molecule has 3 heteroatoms. The van der Waals surface area contributed by atoms with Crippen LogP contribution in [0.2, 0.25) is 0 Å². The quantitative estimate of drug-likeness (QED) is 0.498. The Morgan fingerprint density at radius 2 is 1.10 bits per heavy atom. The minimum atomic E-state index is -0.473. The Balaban J connectivity index is 1.79. The molecule has 0 aliphatic carbocycles. The molecule has 0 aliphatic rings. The van der Waals surface area contributed by atoms with Crippen LogP contribution in [0.5, 0.6) is 17.2 Å². The van der Waals surface area contributed by atoms with Gasteiger partial charge in [-0.15, -0.1) is 0 Å². The van der Waals surface area contributed by atoms with Gasteiger partial charge in [-0.25, -0.2) is 0 Å². The van der Waals surface area contributed by atoms with Gasteiger partial charge in [0.15, 0.2) is 0 Å². The van der Waals surface area contributed by atoms with Gasteiger partial charge in [0.25, 0.3) is 0 Å². The van der Waals surface area contributed by atoms with Crippen LogP contribution < -0.4 is 9.47 Å². The first-order chi connectivity index (χ1) is 13.7. The zero-order valence-electron chi connectivity index (χ0n) is 17.7. The maximum atomic E-state index is 10.6. The molecule has 0 bridgehead atoms. The fourth-order valence-electron chi connectivity index (χ4n) is 3.56. The summed E-state index contributed by atoms with van der Waals surface area (Å²) in [6, 6.07) is 25.3. The molecule has 0 unspecified atom stereocenters. The van der Waals surface area contributed by atoms with E-state index in [2.05, 4.69) is 19.9 Å². The van der Waals surface area contributed by atoms with Crippen molar-refractivity contribution in [3.63, 3.8) is 0 Å². The zero-order chi connectivity index (χ0) is 20.9. The van der Waals surface area contributed by atoms with Gasteiger partial charge in [-0.3, -0.25) is 0 Å².